The molecule has 1 heterocycles. The third-order valence-electron chi connectivity index (χ3n) is 1.29. The molecule has 0 saturated carbocycles. The molecule has 1 unspecified atom stereocenters. The van der Waals surface area contributed by atoms with Crippen molar-refractivity contribution in [2.24, 2.45) is 0 Å². The smallest absolute Gasteiger partial charge is 0.123 e. The van der Waals surface area contributed by atoms with Crippen molar-refractivity contribution in [3.8, 4) is 0 Å². The van der Waals surface area contributed by atoms with Crippen molar-refractivity contribution in [3.05, 3.63) is 23.9 Å². The molecule has 3 N–H and O–H groups in total. The van der Waals surface area contributed by atoms with Crippen LogP contribution < -0.4 is 5.73 Å². The summed E-state index contributed by atoms with van der Waals surface area (Å²) in [5.74, 6) is 0.443. The second-order valence-electron chi connectivity index (χ2n) is 2.19. The Morgan fingerprint density at radius 2 is 2.40 bits per heavy atom. The number of aliphatic hydroxyl groups is 1. The normalized spacial score (nSPS) is 13.0. The molecule has 1 aromatic rings. The summed E-state index contributed by atoms with van der Waals surface area (Å²) in [5, 5.41) is 9.06. The minimum Gasteiger partial charge on any atom is -0.389 e. The van der Waals surface area contributed by atoms with E-state index in [0.29, 0.717) is 5.82 Å². The number of anilines is 1. The van der Waals surface area contributed by atoms with Gasteiger partial charge in [0.25, 0.3) is 0 Å². The molecule has 1 aromatic heterocycles. The molecule has 1 atom stereocenters. The second kappa shape index (κ2) is 2.66. The summed E-state index contributed by atoms with van der Waals surface area (Å²) in [6.07, 6.45) is 1.11. The van der Waals surface area contributed by atoms with E-state index in [0.717, 1.165) is 5.56 Å². The van der Waals surface area contributed by atoms with E-state index in [1.165, 1.54) is 0 Å². The monoisotopic (exact) mass is 138 g/mol. The van der Waals surface area contributed by atoms with E-state index in [4.69, 9.17) is 10.8 Å². The molecule has 0 saturated heterocycles. The minimum atomic E-state index is -0.467. The predicted octanol–water partition coefficient (Wildman–Crippen LogP) is 0.717. The fourth-order valence-corrected chi connectivity index (χ4v) is 0.725. The molecule has 0 aliphatic carbocycles. The van der Waals surface area contributed by atoms with Gasteiger partial charge in [-0.3, -0.25) is 0 Å². The summed E-state index contributed by atoms with van der Waals surface area (Å²) in [6.45, 7) is 1.69. The number of nitrogen functional groups attached to an aromatic ring is 1. The fourth-order valence-electron chi connectivity index (χ4n) is 0.725. The highest BCUT2D eigenvalue weighted by Gasteiger charge is 1.98. The van der Waals surface area contributed by atoms with Crippen LogP contribution in [-0.4, -0.2) is 10.1 Å². The summed E-state index contributed by atoms with van der Waals surface area (Å²) in [6, 6.07) is 3.39. The lowest BCUT2D eigenvalue weighted by atomic mass is 10.2. The number of hydrogen-bond acceptors (Lipinski definition) is 3. The van der Waals surface area contributed by atoms with Gasteiger partial charge in [0.15, 0.2) is 0 Å². The van der Waals surface area contributed by atoms with Crippen LogP contribution in [-0.2, 0) is 0 Å². The SMILES string of the molecule is CC(O)c1ccnc(N)c1. The number of aromatic nitrogens is 1. The second-order valence-corrected chi connectivity index (χ2v) is 2.19. The van der Waals surface area contributed by atoms with Gasteiger partial charge in [0.05, 0.1) is 6.10 Å². The van der Waals surface area contributed by atoms with E-state index in [1.807, 2.05) is 0 Å². The highest BCUT2D eigenvalue weighted by Crippen LogP contribution is 2.11. The average molecular weight is 138 g/mol. The summed E-state index contributed by atoms with van der Waals surface area (Å²) < 4.78 is 0. The zero-order valence-electron chi connectivity index (χ0n) is 5.78. The zero-order valence-corrected chi connectivity index (χ0v) is 5.78. The van der Waals surface area contributed by atoms with Crippen LogP contribution in [0.4, 0.5) is 5.82 Å². The molecular formula is C7H10N2O. The molecule has 0 fully saturated rings. The van der Waals surface area contributed by atoms with Crippen LogP contribution in [0.25, 0.3) is 0 Å². The first-order valence-electron chi connectivity index (χ1n) is 3.09. The maximum atomic E-state index is 9.06. The molecule has 54 valence electrons. The minimum absolute atomic E-state index is 0.443. The number of nitrogens with zero attached hydrogens (tertiary/aromatic N) is 1. The molecule has 0 aliphatic heterocycles. The van der Waals surface area contributed by atoms with Crippen molar-refractivity contribution < 1.29 is 5.11 Å². The van der Waals surface area contributed by atoms with Crippen molar-refractivity contribution in [1.29, 1.82) is 0 Å². The van der Waals surface area contributed by atoms with Gasteiger partial charge in [-0.25, -0.2) is 4.98 Å². The summed E-state index contributed by atoms with van der Waals surface area (Å²) >= 11 is 0. The van der Waals surface area contributed by atoms with E-state index in [-0.39, 0.29) is 0 Å². The lowest BCUT2D eigenvalue weighted by Crippen LogP contribution is -1.95. The number of hydrogen-bond donors (Lipinski definition) is 2. The summed E-state index contributed by atoms with van der Waals surface area (Å²) in [4.78, 5) is 3.79. The molecular weight excluding hydrogens is 128 g/mol. The molecule has 1 rings (SSSR count). The van der Waals surface area contributed by atoms with Crippen LogP contribution in [0.2, 0.25) is 0 Å². The van der Waals surface area contributed by atoms with Gasteiger partial charge in [0.2, 0.25) is 0 Å². The van der Waals surface area contributed by atoms with Crippen molar-refractivity contribution in [1.82, 2.24) is 4.98 Å². The third-order valence-corrected chi connectivity index (χ3v) is 1.29. The van der Waals surface area contributed by atoms with Crippen molar-refractivity contribution in [2.45, 2.75) is 13.0 Å². The predicted molar refractivity (Wildman–Crippen MR) is 39.3 cm³/mol. The van der Waals surface area contributed by atoms with Gasteiger partial charge in [-0.1, -0.05) is 0 Å². The topological polar surface area (TPSA) is 59.1 Å². The Hall–Kier alpha value is -1.09. The fraction of sp³-hybridized carbons (Fsp3) is 0.286. The van der Waals surface area contributed by atoms with Crippen molar-refractivity contribution in [2.75, 3.05) is 5.73 Å². The Labute approximate surface area is 59.5 Å². The van der Waals surface area contributed by atoms with Crippen LogP contribution in [0.15, 0.2) is 18.3 Å². The molecule has 10 heavy (non-hydrogen) atoms. The Balaban J connectivity index is 2.96. The lowest BCUT2D eigenvalue weighted by Gasteiger charge is -2.02. The average Bonchev–Trinajstić information content (AvgIpc) is 1.88. The third kappa shape index (κ3) is 1.45. The highest BCUT2D eigenvalue weighted by molar-refractivity contribution is 5.32. The maximum absolute atomic E-state index is 9.06. The Morgan fingerprint density at radius 3 is 2.80 bits per heavy atom. The van der Waals surface area contributed by atoms with Crippen molar-refractivity contribution in [3.63, 3.8) is 0 Å². The number of pyridine rings is 1. The van der Waals surface area contributed by atoms with Gasteiger partial charge in [-0.2, -0.15) is 0 Å². The molecule has 0 amide bonds. The van der Waals surface area contributed by atoms with E-state index < -0.39 is 6.10 Å². The molecule has 0 spiro atoms. The van der Waals surface area contributed by atoms with Crippen LogP contribution >= 0.6 is 0 Å². The van der Waals surface area contributed by atoms with Gasteiger partial charge in [0, 0.05) is 6.20 Å². The van der Waals surface area contributed by atoms with Gasteiger partial charge in [0.1, 0.15) is 5.82 Å². The highest BCUT2D eigenvalue weighted by atomic mass is 16.3. The van der Waals surface area contributed by atoms with Gasteiger partial charge >= 0.3 is 0 Å². The van der Waals surface area contributed by atoms with Gasteiger partial charge in [-0.05, 0) is 24.6 Å². The quantitative estimate of drug-likeness (QED) is 0.601. The molecule has 3 heteroatoms. The van der Waals surface area contributed by atoms with Gasteiger partial charge in [-0.15, -0.1) is 0 Å². The first kappa shape index (κ1) is 7.02. The van der Waals surface area contributed by atoms with E-state index >= 15 is 0 Å². The molecule has 0 aromatic carbocycles. The molecule has 0 aliphatic rings. The molecule has 3 nitrogen and oxygen atoms in total. The standard InChI is InChI=1S/C7H10N2O/c1-5(10)6-2-3-9-7(8)4-6/h2-5,10H,1H3,(H2,8,9). The largest absolute Gasteiger partial charge is 0.389 e. The van der Waals surface area contributed by atoms with Crippen LogP contribution in [0.5, 0.6) is 0 Å². The Morgan fingerprint density at radius 1 is 1.70 bits per heavy atom. The van der Waals surface area contributed by atoms with Crippen LogP contribution in [0, 0.1) is 0 Å². The summed E-state index contributed by atoms with van der Waals surface area (Å²) in [7, 11) is 0. The molecule has 0 radical (unpaired) electrons. The first-order valence-corrected chi connectivity index (χ1v) is 3.09. The lowest BCUT2D eigenvalue weighted by molar-refractivity contribution is 0.199. The van der Waals surface area contributed by atoms with Crippen molar-refractivity contribution >= 4 is 5.82 Å². The molecule has 0 bridgehead atoms. The Bertz CT molecular complexity index is 223. The number of rotatable bonds is 1. The Kier molecular flexibility index (Phi) is 1.87. The van der Waals surface area contributed by atoms with Gasteiger partial charge < -0.3 is 10.8 Å². The van der Waals surface area contributed by atoms with E-state index in [9.17, 15) is 0 Å². The number of aliphatic hydroxyl groups excluding tert-OH is 1. The summed E-state index contributed by atoms with van der Waals surface area (Å²) in [5.41, 5.74) is 6.17. The van der Waals surface area contributed by atoms with Crippen LogP contribution in [0.3, 0.4) is 0 Å². The van der Waals surface area contributed by atoms with E-state index in [1.54, 1.807) is 25.3 Å². The number of nitrogens with two attached hydrogens (primary N) is 1. The maximum Gasteiger partial charge on any atom is 0.123 e. The zero-order chi connectivity index (χ0) is 7.56. The van der Waals surface area contributed by atoms with Crippen LogP contribution in [0.1, 0.15) is 18.6 Å². The van der Waals surface area contributed by atoms with E-state index in [2.05, 4.69) is 4.98 Å². The first-order chi connectivity index (χ1) is 4.70.